The van der Waals surface area contributed by atoms with E-state index in [2.05, 4.69) is 35.3 Å². The number of allylic oxidation sites excluding steroid dienone is 2. The molecule has 0 aromatic carbocycles. The molecule has 0 aliphatic carbocycles. The number of nitrogen functional groups attached to an aromatic ring is 1. The Labute approximate surface area is 405 Å². The number of hydrogen-bond acceptors (Lipinski definition) is 15. The molecule has 3 unspecified atom stereocenters. The van der Waals surface area contributed by atoms with Crippen molar-refractivity contribution in [1.29, 1.82) is 0 Å². The van der Waals surface area contributed by atoms with Crippen LogP contribution in [0.4, 0.5) is 5.82 Å². The lowest BCUT2D eigenvalue weighted by Gasteiger charge is -2.21. The third-order valence-corrected chi connectivity index (χ3v) is 14.5. The minimum absolute atomic E-state index is 0.0543. The average molecular weight is 1010 g/mol. The number of phosphoric ester groups is 2. The Kier molecular flexibility index (Phi) is 33.8. The molecule has 1 fully saturated rings. The summed E-state index contributed by atoms with van der Waals surface area (Å²) in [7, 11) is -10.8. The molecule has 0 saturated carbocycles. The number of esters is 2. The Balaban J connectivity index is 1.80. The van der Waals surface area contributed by atoms with Crippen molar-refractivity contribution in [2.24, 2.45) is 0 Å². The van der Waals surface area contributed by atoms with E-state index in [0.717, 1.165) is 68.8 Å². The number of nitrogens with two attached hydrogens (primary N) is 1. The second-order valence-electron chi connectivity index (χ2n) is 18.0. The van der Waals surface area contributed by atoms with Gasteiger partial charge in [-0.2, -0.15) is 9.29 Å². The number of hydrogen-bond donors (Lipinski definition) is 5. The van der Waals surface area contributed by atoms with E-state index in [4.69, 9.17) is 29.0 Å². The molecule has 20 heteroatoms. The normalized spacial score (nSPS) is 19.5. The zero-order valence-corrected chi connectivity index (χ0v) is 43.0. The molecule has 1 aliphatic rings. The lowest BCUT2D eigenvalue weighted by Crippen LogP contribution is -2.36. The third kappa shape index (κ3) is 29.6. The van der Waals surface area contributed by atoms with Crippen LogP contribution in [-0.2, 0) is 46.3 Å². The molecule has 18 nitrogen and oxygen atoms in total. The van der Waals surface area contributed by atoms with Crippen LogP contribution in [0.25, 0.3) is 0 Å². The van der Waals surface area contributed by atoms with Crippen LogP contribution in [0.2, 0.25) is 0 Å². The van der Waals surface area contributed by atoms with E-state index >= 15 is 0 Å². The number of nitrogens with zero attached hydrogens (tertiary/aromatic N) is 2. The number of carbonyl (C=O) groups is 2. The van der Waals surface area contributed by atoms with Crippen molar-refractivity contribution in [3.05, 3.63) is 34.9 Å². The first kappa shape index (κ1) is 61.6. The smallest absolute Gasteiger partial charge is 0.462 e. The topological polar surface area (TPSA) is 265 Å². The van der Waals surface area contributed by atoms with Gasteiger partial charge in [-0.15, -0.1) is 0 Å². The van der Waals surface area contributed by atoms with Gasteiger partial charge in [-0.25, -0.2) is 13.9 Å². The summed E-state index contributed by atoms with van der Waals surface area (Å²) in [6, 6.07) is 1.25. The van der Waals surface area contributed by atoms with Crippen LogP contribution < -0.4 is 11.4 Å². The van der Waals surface area contributed by atoms with Gasteiger partial charge in [0.2, 0.25) is 0 Å². The van der Waals surface area contributed by atoms with E-state index in [1.165, 1.54) is 115 Å². The number of aromatic nitrogens is 2. The predicted octanol–water partition coefficient (Wildman–Crippen LogP) is 10.4. The first-order valence-electron chi connectivity index (χ1n) is 25.7. The summed E-state index contributed by atoms with van der Waals surface area (Å²) in [6.07, 6.45) is 30.0. The largest absolute Gasteiger partial charge is 0.481 e. The maximum absolute atomic E-state index is 12.9. The van der Waals surface area contributed by atoms with Crippen LogP contribution in [0.15, 0.2) is 29.2 Å². The summed E-state index contributed by atoms with van der Waals surface area (Å²) in [5.41, 5.74) is 4.59. The number of ether oxygens (including phenoxy) is 3. The van der Waals surface area contributed by atoms with E-state index in [9.17, 15) is 43.5 Å². The summed E-state index contributed by atoms with van der Waals surface area (Å²) in [5, 5.41) is 20.9. The minimum Gasteiger partial charge on any atom is -0.462 e. The van der Waals surface area contributed by atoms with Crippen molar-refractivity contribution < 1.29 is 66.3 Å². The minimum atomic E-state index is -5.42. The van der Waals surface area contributed by atoms with E-state index in [1.54, 1.807) is 0 Å². The van der Waals surface area contributed by atoms with Gasteiger partial charge in [0.15, 0.2) is 12.3 Å². The van der Waals surface area contributed by atoms with E-state index < -0.39 is 83.7 Å². The van der Waals surface area contributed by atoms with Crippen LogP contribution >= 0.6 is 15.6 Å². The van der Waals surface area contributed by atoms with Gasteiger partial charge in [0.05, 0.1) is 13.2 Å². The number of rotatable bonds is 43. The molecule has 2 heterocycles. The molecule has 1 aliphatic heterocycles. The third-order valence-electron chi connectivity index (χ3n) is 11.9. The molecule has 0 bridgehead atoms. The highest BCUT2D eigenvalue weighted by molar-refractivity contribution is 7.61. The molecule has 0 amide bonds. The second-order valence-corrected chi connectivity index (χ2v) is 21.1. The molecule has 1 saturated heterocycles. The molecule has 0 spiro atoms. The van der Waals surface area contributed by atoms with Crippen molar-refractivity contribution in [2.45, 2.75) is 237 Å². The number of anilines is 1. The standard InChI is InChI=1S/C48H87N3O15P2/c1-3-5-7-9-11-13-15-17-19-21-23-25-27-29-31-33-43(52)61-37-40(64-44(53)34-32-30-28-26-24-22-20-18-16-14-12-10-8-6-4-2)38-62-67(57,58)66-68(59,60)63-39-41-45(54)46(55)47(65-41)51-36-35-42(49)50-48(51)56/h17,19,35-36,40-41,45-47,54-55H,3-16,18,20-34,37-39H2,1-2H3,(H,57,58)(H,59,60)(H2,49,50,56)/t40-,41-,45+,46?,47-/m1/s1. The molecule has 1 aromatic rings. The van der Waals surface area contributed by atoms with Gasteiger partial charge in [0.1, 0.15) is 30.7 Å². The highest BCUT2D eigenvalue weighted by Crippen LogP contribution is 2.60. The lowest BCUT2D eigenvalue weighted by atomic mass is 10.0. The molecule has 7 atom stereocenters. The molecular weight excluding hydrogens is 920 g/mol. The number of carbonyl (C=O) groups excluding carboxylic acids is 2. The van der Waals surface area contributed by atoms with E-state index in [1.807, 2.05) is 0 Å². The van der Waals surface area contributed by atoms with Crippen LogP contribution in [0.3, 0.4) is 0 Å². The van der Waals surface area contributed by atoms with Crippen molar-refractivity contribution in [3.63, 3.8) is 0 Å². The second kappa shape index (κ2) is 37.3. The fourth-order valence-corrected chi connectivity index (χ4v) is 9.95. The van der Waals surface area contributed by atoms with Gasteiger partial charge in [-0.05, 0) is 44.6 Å². The maximum atomic E-state index is 12.9. The van der Waals surface area contributed by atoms with Crippen molar-refractivity contribution in [2.75, 3.05) is 25.6 Å². The van der Waals surface area contributed by atoms with Crippen LogP contribution in [0.5, 0.6) is 0 Å². The summed E-state index contributed by atoms with van der Waals surface area (Å²) < 4.78 is 56.8. The quantitative estimate of drug-likeness (QED) is 0.0176. The van der Waals surface area contributed by atoms with Gasteiger partial charge in [0, 0.05) is 19.0 Å². The molecule has 0 radical (unpaired) electrons. The predicted molar refractivity (Wildman–Crippen MR) is 261 cm³/mol. The van der Waals surface area contributed by atoms with Gasteiger partial charge in [-0.3, -0.25) is 23.2 Å². The number of phosphoric acid groups is 2. The van der Waals surface area contributed by atoms with E-state index in [-0.39, 0.29) is 18.7 Å². The SMILES string of the molecule is CCCCCCCCC=CCCCCCCCC(=O)OC[C@H](COP(=O)(O)OP(=O)(O)OC[C@H]1O[C@@H](n2ccc(N)nc2=O)C(O)[C@H]1O)OC(=O)CCCCCCCCCCCCCCCCC. The zero-order valence-electron chi connectivity index (χ0n) is 41.2. The van der Waals surface area contributed by atoms with Crippen LogP contribution in [0, 0.1) is 0 Å². The first-order chi connectivity index (χ1) is 32.7. The Morgan fingerprint density at radius 2 is 1.15 bits per heavy atom. The van der Waals surface area contributed by atoms with Crippen molar-refractivity contribution in [3.8, 4) is 0 Å². The molecule has 68 heavy (non-hydrogen) atoms. The number of aliphatic hydroxyl groups is 2. The molecular formula is C48H87N3O15P2. The average Bonchev–Trinajstić information content (AvgIpc) is 3.57. The van der Waals surface area contributed by atoms with Gasteiger partial charge >= 0.3 is 33.3 Å². The molecule has 6 N–H and O–H groups in total. The lowest BCUT2D eigenvalue weighted by molar-refractivity contribution is -0.161. The van der Waals surface area contributed by atoms with Crippen molar-refractivity contribution in [1.82, 2.24) is 9.55 Å². The van der Waals surface area contributed by atoms with Crippen LogP contribution in [-0.4, -0.2) is 85.7 Å². The van der Waals surface area contributed by atoms with Gasteiger partial charge in [0.25, 0.3) is 0 Å². The van der Waals surface area contributed by atoms with E-state index in [0.29, 0.717) is 12.8 Å². The van der Waals surface area contributed by atoms with Gasteiger partial charge in [-0.1, -0.05) is 167 Å². The number of aliphatic hydroxyl groups excluding tert-OH is 2. The molecule has 2 rings (SSSR count). The Morgan fingerprint density at radius 3 is 1.65 bits per heavy atom. The zero-order chi connectivity index (χ0) is 49.9. The molecule has 1 aromatic heterocycles. The fourth-order valence-electron chi connectivity index (χ4n) is 7.84. The van der Waals surface area contributed by atoms with Gasteiger partial charge < -0.3 is 39.9 Å². The summed E-state index contributed by atoms with van der Waals surface area (Å²) in [6.45, 7) is 2.17. The Morgan fingerprint density at radius 1 is 0.691 bits per heavy atom. The summed E-state index contributed by atoms with van der Waals surface area (Å²) >= 11 is 0. The van der Waals surface area contributed by atoms with Crippen LogP contribution in [0.1, 0.15) is 213 Å². The first-order valence-corrected chi connectivity index (χ1v) is 28.7. The maximum Gasteiger partial charge on any atom is 0.481 e. The molecule has 394 valence electrons. The fraction of sp³-hybridized carbons (Fsp3) is 0.833. The summed E-state index contributed by atoms with van der Waals surface area (Å²) in [4.78, 5) is 61.9. The number of unbranched alkanes of at least 4 members (excludes halogenated alkanes) is 25. The van der Waals surface area contributed by atoms with Crippen molar-refractivity contribution >= 4 is 33.4 Å². The monoisotopic (exact) mass is 1010 g/mol. The highest BCUT2D eigenvalue weighted by Gasteiger charge is 2.46. The summed E-state index contributed by atoms with van der Waals surface area (Å²) in [5.74, 6) is -1.29. The highest BCUT2D eigenvalue weighted by atomic mass is 31.3. The Bertz CT molecular complexity index is 1680. The Hall–Kier alpha value is -2.50.